The van der Waals surface area contributed by atoms with Gasteiger partial charge < -0.3 is 15.4 Å². The highest BCUT2D eigenvalue weighted by molar-refractivity contribution is 7.16. The van der Waals surface area contributed by atoms with Gasteiger partial charge in [0.25, 0.3) is 0 Å². The second-order valence-electron chi connectivity index (χ2n) is 4.29. The van der Waals surface area contributed by atoms with Crippen molar-refractivity contribution >= 4 is 28.8 Å². The van der Waals surface area contributed by atoms with Crippen molar-refractivity contribution in [3.8, 4) is 0 Å². The number of carbonyl (C=O) groups excluding carboxylic acids is 1. The number of ether oxygens (including phenoxy) is 1. The minimum Gasteiger partial charge on any atom is -0.379 e. The quantitative estimate of drug-likeness (QED) is 0.859. The number of likely N-dealkylation sites (N-methyl/N-ethyl adjacent to an activating group) is 1. The van der Waals surface area contributed by atoms with E-state index in [0.717, 1.165) is 10.8 Å². The summed E-state index contributed by atoms with van der Waals surface area (Å²) in [6.07, 6.45) is 0.820. The Morgan fingerprint density at radius 2 is 2.39 bits per heavy atom. The fourth-order valence-corrected chi connectivity index (χ4v) is 3.11. The van der Waals surface area contributed by atoms with E-state index in [9.17, 15) is 4.79 Å². The van der Waals surface area contributed by atoms with Gasteiger partial charge in [-0.05, 0) is 25.6 Å². The minimum atomic E-state index is -0.0816. The van der Waals surface area contributed by atoms with Crippen LogP contribution in [0.1, 0.15) is 4.88 Å². The van der Waals surface area contributed by atoms with E-state index in [1.165, 1.54) is 4.88 Å². The van der Waals surface area contributed by atoms with E-state index in [-0.39, 0.29) is 17.9 Å². The largest absolute Gasteiger partial charge is 0.379 e. The van der Waals surface area contributed by atoms with Crippen molar-refractivity contribution in [3.05, 3.63) is 21.3 Å². The summed E-state index contributed by atoms with van der Waals surface area (Å²) in [5.41, 5.74) is 0. The summed E-state index contributed by atoms with van der Waals surface area (Å²) in [7, 11) is 1.85. The van der Waals surface area contributed by atoms with Gasteiger partial charge in [0.15, 0.2) is 0 Å². The van der Waals surface area contributed by atoms with Crippen LogP contribution in [0.15, 0.2) is 12.1 Å². The third-order valence-electron chi connectivity index (χ3n) is 3.09. The molecule has 18 heavy (non-hydrogen) atoms. The maximum absolute atomic E-state index is 12.0. The standard InChI is InChI=1S/C12H17ClN2O2S/c1-14-10-7-17-6-9(10)12(16)15-5-4-8-2-3-11(13)18-8/h2-3,9-10,14H,4-7H2,1H3,(H,15,16). The molecule has 1 aromatic heterocycles. The van der Waals surface area contributed by atoms with Crippen molar-refractivity contribution in [2.24, 2.45) is 5.92 Å². The Morgan fingerprint density at radius 1 is 1.56 bits per heavy atom. The van der Waals surface area contributed by atoms with Gasteiger partial charge in [-0.25, -0.2) is 0 Å². The lowest BCUT2D eigenvalue weighted by Crippen LogP contribution is -2.43. The van der Waals surface area contributed by atoms with E-state index < -0.39 is 0 Å². The van der Waals surface area contributed by atoms with E-state index in [2.05, 4.69) is 10.6 Å². The highest BCUT2D eigenvalue weighted by atomic mass is 35.5. The van der Waals surface area contributed by atoms with Crippen LogP contribution in [0.5, 0.6) is 0 Å². The average molecular weight is 289 g/mol. The van der Waals surface area contributed by atoms with Crippen LogP contribution in [0.4, 0.5) is 0 Å². The summed E-state index contributed by atoms with van der Waals surface area (Å²) in [6, 6.07) is 4.00. The molecule has 1 aromatic rings. The smallest absolute Gasteiger partial charge is 0.227 e. The highest BCUT2D eigenvalue weighted by Crippen LogP contribution is 2.21. The Balaban J connectivity index is 1.74. The molecule has 100 valence electrons. The van der Waals surface area contributed by atoms with Crippen LogP contribution < -0.4 is 10.6 Å². The van der Waals surface area contributed by atoms with Gasteiger partial charge in [-0.2, -0.15) is 0 Å². The maximum atomic E-state index is 12.0. The zero-order valence-corrected chi connectivity index (χ0v) is 11.8. The zero-order chi connectivity index (χ0) is 13.0. The summed E-state index contributed by atoms with van der Waals surface area (Å²) >= 11 is 7.40. The molecule has 2 N–H and O–H groups in total. The van der Waals surface area contributed by atoms with Gasteiger partial charge >= 0.3 is 0 Å². The first kappa shape index (κ1) is 13.8. The third kappa shape index (κ3) is 3.45. The molecule has 2 heterocycles. The number of rotatable bonds is 5. The van der Waals surface area contributed by atoms with Gasteiger partial charge in [-0.1, -0.05) is 11.6 Å². The molecule has 1 saturated heterocycles. The Hall–Kier alpha value is -0.620. The van der Waals surface area contributed by atoms with Crippen LogP contribution in [-0.2, 0) is 16.0 Å². The molecule has 1 fully saturated rings. The van der Waals surface area contributed by atoms with E-state index in [4.69, 9.17) is 16.3 Å². The molecule has 1 aliphatic rings. The first-order valence-corrected chi connectivity index (χ1v) is 7.17. The minimum absolute atomic E-state index is 0.0644. The van der Waals surface area contributed by atoms with Gasteiger partial charge in [-0.15, -0.1) is 11.3 Å². The molecular weight excluding hydrogens is 272 g/mol. The Morgan fingerprint density at radius 3 is 3.06 bits per heavy atom. The fraction of sp³-hybridized carbons (Fsp3) is 0.583. The van der Waals surface area contributed by atoms with Gasteiger partial charge in [0, 0.05) is 17.5 Å². The monoisotopic (exact) mass is 288 g/mol. The van der Waals surface area contributed by atoms with Gasteiger partial charge in [-0.3, -0.25) is 4.79 Å². The lowest BCUT2D eigenvalue weighted by atomic mass is 10.0. The molecule has 0 aliphatic carbocycles. The van der Waals surface area contributed by atoms with Crippen molar-refractivity contribution < 1.29 is 9.53 Å². The summed E-state index contributed by atoms with van der Waals surface area (Å²) in [6.45, 7) is 1.75. The third-order valence-corrected chi connectivity index (χ3v) is 4.38. The number of hydrogen-bond donors (Lipinski definition) is 2. The highest BCUT2D eigenvalue weighted by Gasteiger charge is 2.32. The molecule has 0 bridgehead atoms. The van der Waals surface area contributed by atoms with Crippen molar-refractivity contribution in [2.75, 3.05) is 26.8 Å². The SMILES string of the molecule is CNC1COCC1C(=O)NCCc1ccc(Cl)s1. The second-order valence-corrected chi connectivity index (χ2v) is 6.09. The number of carbonyl (C=O) groups is 1. The van der Waals surface area contributed by atoms with Crippen LogP contribution in [0.3, 0.4) is 0 Å². The normalized spacial score (nSPS) is 23.2. The number of thiophene rings is 1. The molecule has 0 spiro atoms. The van der Waals surface area contributed by atoms with Crippen LogP contribution in [0.2, 0.25) is 4.34 Å². The lowest BCUT2D eigenvalue weighted by Gasteiger charge is -2.16. The van der Waals surface area contributed by atoms with Crippen molar-refractivity contribution in [1.82, 2.24) is 10.6 Å². The number of halogens is 1. The van der Waals surface area contributed by atoms with Crippen molar-refractivity contribution in [2.45, 2.75) is 12.5 Å². The molecule has 6 heteroatoms. The fourth-order valence-electron chi connectivity index (χ4n) is 2.02. The number of hydrogen-bond acceptors (Lipinski definition) is 4. The number of nitrogens with one attached hydrogen (secondary N) is 2. The zero-order valence-electron chi connectivity index (χ0n) is 10.2. The predicted molar refractivity (Wildman–Crippen MR) is 73.2 cm³/mol. The van der Waals surface area contributed by atoms with Crippen LogP contribution in [0, 0.1) is 5.92 Å². The molecule has 2 atom stereocenters. The Labute approximate surface area is 116 Å². The average Bonchev–Trinajstić information content (AvgIpc) is 2.97. The van der Waals surface area contributed by atoms with Crippen LogP contribution >= 0.6 is 22.9 Å². The summed E-state index contributed by atoms with van der Waals surface area (Å²) < 4.78 is 6.10. The summed E-state index contributed by atoms with van der Waals surface area (Å²) in [5.74, 6) is -0.0172. The van der Waals surface area contributed by atoms with Gasteiger partial charge in [0.1, 0.15) is 0 Å². The van der Waals surface area contributed by atoms with Crippen LogP contribution in [-0.4, -0.2) is 38.8 Å². The first-order chi connectivity index (χ1) is 8.70. The molecule has 1 aliphatic heterocycles. The Kier molecular flexibility index (Phi) is 5.00. The molecular formula is C12H17ClN2O2S. The predicted octanol–water partition coefficient (Wildman–Crippen LogP) is 1.29. The Bertz CT molecular complexity index is 411. The molecule has 0 radical (unpaired) electrons. The molecule has 0 aromatic carbocycles. The molecule has 1 amide bonds. The van der Waals surface area contributed by atoms with E-state index in [0.29, 0.717) is 19.8 Å². The summed E-state index contributed by atoms with van der Waals surface area (Å²) in [4.78, 5) is 13.1. The van der Waals surface area contributed by atoms with Crippen LogP contribution in [0.25, 0.3) is 0 Å². The van der Waals surface area contributed by atoms with Gasteiger partial charge in [0.2, 0.25) is 5.91 Å². The second kappa shape index (κ2) is 6.52. The van der Waals surface area contributed by atoms with E-state index in [1.54, 1.807) is 11.3 Å². The maximum Gasteiger partial charge on any atom is 0.227 e. The molecule has 4 nitrogen and oxygen atoms in total. The first-order valence-electron chi connectivity index (χ1n) is 5.97. The topological polar surface area (TPSA) is 50.4 Å². The molecule has 2 rings (SSSR count). The van der Waals surface area contributed by atoms with Crippen molar-refractivity contribution in [1.29, 1.82) is 0 Å². The van der Waals surface area contributed by atoms with Gasteiger partial charge in [0.05, 0.1) is 23.5 Å². The summed E-state index contributed by atoms with van der Waals surface area (Å²) in [5, 5.41) is 6.06. The lowest BCUT2D eigenvalue weighted by molar-refractivity contribution is -0.125. The molecule has 0 saturated carbocycles. The van der Waals surface area contributed by atoms with Crippen molar-refractivity contribution in [3.63, 3.8) is 0 Å². The molecule has 2 unspecified atom stereocenters. The van der Waals surface area contributed by atoms with E-state index >= 15 is 0 Å². The van der Waals surface area contributed by atoms with E-state index in [1.807, 2.05) is 19.2 Å². The number of amides is 1.